The number of hydrogen-bond donors (Lipinski definition) is 2. The largest absolute Gasteiger partial charge is 0.462 e. The van der Waals surface area contributed by atoms with Gasteiger partial charge in [-0.3, -0.25) is 14.5 Å². The lowest BCUT2D eigenvalue weighted by Crippen LogP contribution is -2.41. The van der Waals surface area contributed by atoms with Gasteiger partial charge in [-0.1, -0.05) is 22.0 Å². The van der Waals surface area contributed by atoms with Gasteiger partial charge in [0.2, 0.25) is 5.91 Å². The fourth-order valence-electron chi connectivity index (χ4n) is 4.14. The van der Waals surface area contributed by atoms with Crippen LogP contribution in [0.2, 0.25) is 0 Å². The number of esters is 1. The number of morpholine rings is 1. The Balaban J connectivity index is 1.17. The lowest BCUT2D eigenvalue weighted by molar-refractivity contribution is -0.535. The zero-order chi connectivity index (χ0) is 25.5. The maximum Gasteiger partial charge on any atom is 0.323 e. The summed E-state index contributed by atoms with van der Waals surface area (Å²) >= 11 is 3.28. The Bertz CT molecular complexity index is 1170. The molecule has 2 aromatic rings. The molecule has 0 unspecified atom stereocenters. The first kappa shape index (κ1) is 26.0. The second kappa shape index (κ2) is 12.3. The third-order valence-electron chi connectivity index (χ3n) is 6.15. The van der Waals surface area contributed by atoms with Crippen molar-refractivity contribution in [2.45, 2.75) is 25.4 Å². The minimum atomic E-state index is -0.401. The number of rotatable bonds is 8. The number of amides is 1. The number of nitrogens with one attached hydrogen (secondary N) is 1. The maximum atomic E-state index is 12.4. The van der Waals surface area contributed by atoms with Crippen molar-refractivity contribution in [2.24, 2.45) is 0 Å². The Morgan fingerprint density at radius 2 is 2.00 bits per heavy atom. The smallest absolute Gasteiger partial charge is 0.323 e. The van der Waals surface area contributed by atoms with Crippen LogP contribution >= 0.6 is 15.9 Å². The molecule has 1 aromatic heterocycles. The Morgan fingerprint density at radius 3 is 2.75 bits per heavy atom. The lowest BCUT2D eigenvalue weighted by Gasteiger charge is -2.31. The molecule has 12 nitrogen and oxygen atoms in total. The van der Waals surface area contributed by atoms with Crippen molar-refractivity contribution in [2.75, 3.05) is 57.8 Å². The van der Waals surface area contributed by atoms with Crippen LogP contribution in [0.3, 0.4) is 0 Å². The van der Waals surface area contributed by atoms with Crippen LogP contribution in [0.25, 0.3) is 11.0 Å². The molecule has 2 aliphatic rings. The number of likely N-dealkylation sites (tertiary alicyclic amines) is 1. The summed E-state index contributed by atoms with van der Waals surface area (Å²) in [5.41, 5.74) is 0.458. The number of anilines is 1. The Labute approximate surface area is 216 Å². The summed E-state index contributed by atoms with van der Waals surface area (Å²) in [6.45, 7) is 5.12. The van der Waals surface area contributed by atoms with Crippen LogP contribution in [-0.4, -0.2) is 95.3 Å². The molecule has 0 radical (unpaired) electrons. The SMILES string of the molecule is O=C(CCNc1n[n+](=O)c2cc(Br)ccc2n1O)OC1CCN(C(=O)/C=C/CN2CCOCC2)CC1. The van der Waals surface area contributed by atoms with Crippen molar-refractivity contribution in [3.63, 3.8) is 0 Å². The Kier molecular flexibility index (Phi) is 8.88. The minimum Gasteiger partial charge on any atom is -0.462 e. The molecule has 36 heavy (non-hydrogen) atoms. The second-order valence-electron chi connectivity index (χ2n) is 8.65. The van der Waals surface area contributed by atoms with E-state index in [1.165, 1.54) is 0 Å². The highest BCUT2D eigenvalue weighted by Crippen LogP contribution is 2.18. The van der Waals surface area contributed by atoms with Gasteiger partial charge in [-0.15, -0.1) is 4.73 Å². The molecule has 2 N–H and O–H groups in total. The first-order valence-corrected chi connectivity index (χ1v) is 12.7. The summed E-state index contributed by atoms with van der Waals surface area (Å²) < 4.78 is 12.7. The number of hydrogen-bond acceptors (Lipinski definition) is 9. The van der Waals surface area contributed by atoms with Gasteiger partial charge < -0.3 is 24.9 Å². The average Bonchev–Trinajstić information content (AvgIpc) is 2.88. The van der Waals surface area contributed by atoms with Gasteiger partial charge in [0.1, 0.15) is 6.10 Å². The number of aromatic nitrogens is 3. The van der Waals surface area contributed by atoms with E-state index in [1.807, 2.05) is 6.08 Å². The van der Waals surface area contributed by atoms with Crippen LogP contribution in [0.15, 0.2) is 34.8 Å². The van der Waals surface area contributed by atoms with Crippen LogP contribution in [0.1, 0.15) is 19.3 Å². The topological polar surface area (TPSA) is 132 Å². The predicted octanol–water partition coefficient (Wildman–Crippen LogP) is 1.18. The number of carbonyl (C=O) groups excluding carboxylic acids is 2. The number of benzene rings is 1. The van der Waals surface area contributed by atoms with E-state index in [0.29, 0.717) is 34.9 Å². The van der Waals surface area contributed by atoms with Gasteiger partial charge in [-0.05, 0) is 12.1 Å². The molecule has 0 atom stereocenters. The van der Waals surface area contributed by atoms with Gasteiger partial charge in [0.15, 0.2) is 10.1 Å². The molecule has 0 aliphatic carbocycles. The highest BCUT2D eigenvalue weighted by molar-refractivity contribution is 9.10. The third kappa shape index (κ3) is 6.80. The van der Waals surface area contributed by atoms with Gasteiger partial charge in [-0.25, -0.2) is 0 Å². The van der Waals surface area contributed by atoms with Crippen molar-refractivity contribution in [3.8, 4) is 0 Å². The van der Waals surface area contributed by atoms with Gasteiger partial charge >= 0.3 is 17.4 Å². The average molecular weight is 566 g/mol. The third-order valence-corrected chi connectivity index (χ3v) is 6.64. The molecule has 1 amide bonds. The van der Waals surface area contributed by atoms with E-state index in [4.69, 9.17) is 9.47 Å². The van der Waals surface area contributed by atoms with Gasteiger partial charge in [0.05, 0.1) is 29.6 Å². The number of carbonyl (C=O) groups is 2. The Hall–Kier alpha value is -3.03. The molecule has 1 aromatic carbocycles. The highest BCUT2D eigenvalue weighted by Gasteiger charge is 2.24. The zero-order valence-electron chi connectivity index (χ0n) is 19.8. The normalized spacial score (nSPS) is 17.5. The minimum absolute atomic E-state index is 0.0274. The fourth-order valence-corrected chi connectivity index (χ4v) is 4.49. The molecule has 2 fully saturated rings. The standard InChI is InChI=1S/C23H30BrN6O6/c24-17-3-4-19-20(16-17)30(34)26-23(29(19)33)25-8-5-22(32)36-18-6-10-28(11-7-18)21(31)2-1-9-27-12-14-35-15-13-27/h1-4,16,18,33H,5-15H2,(H,25,26,34)/q+1/b2-1+. The molecule has 0 spiro atoms. The summed E-state index contributed by atoms with van der Waals surface area (Å²) in [7, 11) is 0. The number of ether oxygens (including phenoxy) is 2. The molecule has 0 bridgehead atoms. The second-order valence-corrected chi connectivity index (χ2v) is 9.56. The maximum absolute atomic E-state index is 12.4. The van der Waals surface area contributed by atoms with Crippen molar-refractivity contribution in [3.05, 3.63) is 39.7 Å². The van der Waals surface area contributed by atoms with E-state index >= 15 is 0 Å². The molecule has 4 rings (SSSR count). The van der Waals surface area contributed by atoms with Crippen LogP contribution in [0.5, 0.6) is 0 Å². The zero-order valence-corrected chi connectivity index (χ0v) is 21.4. The van der Waals surface area contributed by atoms with Crippen molar-refractivity contribution in [1.82, 2.24) is 19.6 Å². The van der Waals surface area contributed by atoms with Gasteiger partial charge in [0, 0.05) is 68.7 Å². The molecular formula is C23H30BrN6O6+. The van der Waals surface area contributed by atoms with Gasteiger partial charge in [-0.2, -0.15) is 0 Å². The number of halogens is 1. The van der Waals surface area contributed by atoms with E-state index in [9.17, 15) is 19.7 Å². The fraction of sp³-hybridized carbons (Fsp3) is 0.522. The summed E-state index contributed by atoms with van der Waals surface area (Å²) in [5.74, 6) is -0.511. The van der Waals surface area contributed by atoms with Crippen LogP contribution in [-0.2, 0) is 19.1 Å². The summed E-state index contributed by atoms with van der Waals surface area (Å²) in [6.07, 6.45) is 4.45. The summed E-state index contributed by atoms with van der Waals surface area (Å²) in [6, 6.07) is 4.81. The predicted molar refractivity (Wildman–Crippen MR) is 133 cm³/mol. The van der Waals surface area contributed by atoms with Crippen LogP contribution in [0.4, 0.5) is 5.95 Å². The highest BCUT2D eigenvalue weighted by atomic mass is 79.9. The van der Waals surface area contributed by atoms with Crippen molar-refractivity contribution in [1.29, 1.82) is 0 Å². The number of fused-ring (bicyclic) bond motifs is 1. The van der Waals surface area contributed by atoms with Crippen LogP contribution in [0, 0.1) is 4.91 Å². The van der Waals surface area contributed by atoms with Crippen LogP contribution < -0.4 is 9.86 Å². The van der Waals surface area contributed by atoms with E-state index in [-0.39, 0.29) is 42.0 Å². The Morgan fingerprint density at radius 1 is 1.25 bits per heavy atom. The van der Waals surface area contributed by atoms with E-state index in [0.717, 1.165) is 37.6 Å². The van der Waals surface area contributed by atoms with E-state index in [2.05, 4.69) is 31.2 Å². The van der Waals surface area contributed by atoms with E-state index in [1.54, 1.807) is 29.2 Å². The number of nitrogens with zero attached hydrogens (tertiary/aromatic N) is 5. The molecule has 13 heteroatoms. The quantitative estimate of drug-likeness (QED) is 0.209. The first-order valence-electron chi connectivity index (χ1n) is 11.9. The van der Waals surface area contributed by atoms with Gasteiger partial charge in [0.25, 0.3) is 0 Å². The van der Waals surface area contributed by atoms with E-state index < -0.39 is 5.97 Å². The summed E-state index contributed by atoms with van der Waals surface area (Å²) in [4.78, 5) is 40.9. The lowest BCUT2D eigenvalue weighted by atomic mass is 10.1. The molecule has 3 heterocycles. The molecule has 2 saturated heterocycles. The van der Waals surface area contributed by atoms with Crippen molar-refractivity contribution < 1.29 is 28.8 Å². The molecule has 194 valence electrons. The summed E-state index contributed by atoms with van der Waals surface area (Å²) in [5, 5.41) is 16.9. The molecular weight excluding hydrogens is 536 g/mol. The van der Waals surface area contributed by atoms with Crippen molar-refractivity contribution >= 4 is 44.8 Å². The number of piperidine rings is 1. The first-order chi connectivity index (χ1) is 17.4. The molecule has 0 saturated carbocycles. The molecule has 2 aliphatic heterocycles. The monoisotopic (exact) mass is 565 g/mol.